The molecule has 1 aromatic heterocycles. The Morgan fingerprint density at radius 2 is 2.42 bits per heavy atom. The molecule has 12 heavy (non-hydrogen) atoms. The summed E-state index contributed by atoms with van der Waals surface area (Å²) in [5.74, 6) is 0.0133. The maximum absolute atomic E-state index is 10.8. The lowest BCUT2D eigenvalue weighted by Crippen LogP contribution is -2.29. The second kappa shape index (κ2) is 3.17. The van der Waals surface area contributed by atoms with Crippen LogP contribution in [0.15, 0.2) is 12.3 Å². The number of aromatic hydroxyl groups is 1. The van der Waals surface area contributed by atoms with Crippen molar-refractivity contribution in [2.45, 2.75) is 6.92 Å². The van der Waals surface area contributed by atoms with Crippen LogP contribution in [0.25, 0.3) is 0 Å². The summed E-state index contributed by atoms with van der Waals surface area (Å²) in [5.41, 5.74) is 5.28. The second-order valence-corrected chi connectivity index (χ2v) is 2.21. The minimum Gasteiger partial charge on any atom is -0.710 e. The number of pyridine rings is 1. The zero-order valence-electron chi connectivity index (χ0n) is 6.65. The van der Waals surface area contributed by atoms with Crippen molar-refractivity contribution in [2.24, 2.45) is 0 Å². The van der Waals surface area contributed by atoms with Crippen molar-refractivity contribution in [1.29, 1.82) is 0 Å². The van der Waals surface area contributed by atoms with Gasteiger partial charge in [-0.15, -0.1) is 0 Å². The highest BCUT2D eigenvalue weighted by Crippen LogP contribution is 2.24. The van der Waals surface area contributed by atoms with E-state index in [1.54, 1.807) is 6.92 Å². The van der Waals surface area contributed by atoms with Gasteiger partial charge in [-0.2, -0.15) is 0 Å². The highest BCUT2D eigenvalue weighted by molar-refractivity contribution is 5.41. The summed E-state index contributed by atoms with van der Waals surface area (Å²) in [6.07, 6.45) is 0.959. The van der Waals surface area contributed by atoms with Crippen LogP contribution in [0.1, 0.15) is 6.92 Å². The van der Waals surface area contributed by atoms with Crippen LogP contribution in [-0.2, 0) is 0 Å². The maximum Gasteiger partial charge on any atom is 0.279 e. The van der Waals surface area contributed by atoms with Gasteiger partial charge in [0.25, 0.3) is 5.82 Å². The number of rotatable bonds is 2. The van der Waals surface area contributed by atoms with Gasteiger partial charge in [-0.05, 0) is 6.92 Å². The van der Waals surface area contributed by atoms with Gasteiger partial charge in [0, 0.05) is 0 Å². The van der Waals surface area contributed by atoms with Crippen LogP contribution in [-0.4, -0.2) is 11.7 Å². The van der Waals surface area contributed by atoms with Crippen molar-refractivity contribution in [3.63, 3.8) is 0 Å². The predicted molar refractivity (Wildman–Crippen MR) is 42.6 cm³/mol. The first-order valence-corrected chi connectivity index (χ1v) is 3.49. The number of nitrogens with two attached hydrogens (primary N) is 1. The first-order valence-electron chi connectivity index (χ1n) is 3.49. The third kappa shape index (κ3) is 1.50. The number of anilines is 1. The molecule has 0 fully saturated rings. The number of hydrogen-bond donors (Lipinski definition) is 2. The summed E-state index contributed by atoms with van der Waals surface area (Å²) in [7, 11) is 0. The van der Waals surface area contributed by atoms with Gasteiger partial charge in [-0.1, -0.05) is 0 Å². The van der Waals surface area contributed by atoms with E-state index in [-0.39, 0.29) is 17.3 Å². The van der Waals surface area contributed by atoms with Crippen molar-refractivity contribution in [2.75, 3.05) is 12.3 Å². The van der Waals surface area contributed by atoms with Gasteiger partial charge < -0.3 is 15.1 Å². The molecule has 1 heterocycles. The molecule has 0 bridgehead atoms. The Kier molecular flexibility index (Phi) is 2.23. The van der Waals surface area contributed by atoms with E-state index in [4.69, 9.17) is 15.6 Å². The van der Waals surface area contributed by atoms with Gasteiger partial charge in [0.05, 0.1) is 12.7 Å². The average Bonchev–Trinajstić information content (AvgIpc) is 2.01. The Labute approximate surface area is 69.6 Å². The molecule has 0 atom stereocenters. The molecule has 0 saturated heterocycles. The average molecular weight is 170 g/mol. The summed E-state index contributed by atoms with van der Waals surface area (Å²) in [5, 5.41) is 19.9. The molecule has 66 valence electrons. The van der Waals surface area contributed by atoms with Crippen molar-refractivity contribution in [3.8, 4) is 11.5 Å². The van der Waals surface area contributed by atoms with E-state index < -0.39 is 0 Å². The molecule has 5 heteroatoms. The van der Waals surface area contributed by atoms with Gasteiger partial charge in [-0.25, -0.2) is 4.73 Å². The molecule has 0 amide bonds. The van der Waals surface area contributed by atoms with E-state index >= 15 is 0 Å². The van der Waals surface area contributed by atoms with Gasteiger partial charge in [0.1, 0.15) is 6.20 Å². The Morgan fingerprint density at radius 3 is 3.00 bits per heavy atom. The molecule has 1 aromatic rings. The molecule has 0 aliphatic carbocycles. The molecular formula is C7H10N2O3. The lowest BCUT2D eigenvalue weighted by atomic mass is 10.4. The summed E-state index contributed by atoms with van der Waals surface area (Å²) < 4.78 is 5.36. The molecule has 0 aliphatic rings. The Balaban J connectivity index is 3.05. The summed E-state index contributed by atoms with van der Waals surface area (Å²) in [6.45, 7) is 2.18. The van der Waals surface area contributed by atoms with Crippen LogP contribution >= 0.6 is 0 Å². The van der Waals surface area contributed by atoms with E-state index in [0.717, 1.165) is 6.20 Å². The largest absolute Gasteiger partial charge is 0.710 e. The molecular weight excluding hydrogens is 160 g/mol. The third-order valence-electron chi connectivity index (χ3n) is 1.33. The highest BCUT2D eigenvalue weighted by atomic mass is 16.5. The van der Waals surface area contributed by atoms with E-state index in [2.05, 4.69) is 0 Å². The van der Waals surface area contributed by atoms with Crippen molar-refractivity contribution in [1.82, 2.24) is 0 Å². The normalized spacial score (nSPS) is 9.75. The quantitative estimate of drug-likeness (QED) is 0.483. The zero-order valence-corrected chi connectivity index (χ0v) is 6.65. The Hall–Kier alpha value is -1.65. The summed E-state index contributed by atoms with van der Waals surface area (Å²) >= 11 is 0. The minimum atomic E-state index is -0.207. The molecule has 0 aliphatic heterocycles. The topological polar surface area (TPSA) is 82.4 Å². The number of hydrogen-bond acceptors (Lipinski definition) is 4. The lowest BCUT2D eigenvalue weighted by Gasteiger charge is -2.08. The third-order valence-corrected chi connectivity index (χ3v) is 1.33. The maximum atomic E-state index is 10.8. The standard InChI is InChI=1S/C7H10N2O3/c1-2-12-6-3-7(8)9(11)4-5(6)10/h3-4,10H,2,8H2,1H3. The van der Waals surface area contributed by atoms with Gasteiger partial charge >= 0.3 is 0 Å². The molecule has 0 radical (unpaired) electrons. The van der Waals surface area contributed by atoms with Gasteiger partial charge in [0.15, 0.2) is 11.5 Å². The van der Waals surface area contributed by atoms with Crippen LogP contribution in [0.3, 0.4) is 0 Å². The van der Waals surface area contributed by atoms with E-state index in [1.165, 1.54) is 6.07 Å². The van der Waals surface area contributed by atoms with Crippen LogP contribution in [0, 0.1) is 5.21 Å². The molecule has 0 unspecified atom stereocenters. The summed E-state index contributed by atoms with van der Waals surface area (Å²) in [6, 6.07) is 1.28. The van der Waals surface area contributed by atoms with Crippen LogP contribution in [0.2, 0.25) is 0 Å². The van der Waals surface area contributed by atoms with Crippen molar-refractivity contribution < 1.29 is 14.6 Å². The SMILES string of the molecule is CCOc1cc(N)[n+]([O-])cc1O. The zero-order chi connectivity index (χ0) is 9.14. The number of aromatic nitrogens is 1. The summed E-state index contributed by atoms with van der Waals surface area (Å²) in [4.78, 5) is 0. The van der Waals surface area contributed by atoms with Gasteiger partial charge in [-0.3, -0.25) is 5.73 Å². The predicted octanol–water partition coefficient (Wildman–Crippen LogP) is 0.00650. The Morgan fingerprint density at radius 1 is 1.75 bits per heavy atom. The highest BCUT2D eigenvalue weighted by Gasteiger charge is 2.07. The Bertz CT molecular complexity index is 288. The fourth-order valence-corrected chi connectivity index (χ4v) is 0.792. The molecule has 0 spiro atoms. The lowest BCUT2D eigenvalue weighted by molar-refractivity contribution is -0.590. The fourth-order valence-electron chi connectivity index (χ4n) is 0.792. The second-order valence-electron chi connectivity index (χ2n) is 2.21. The monoisotopic (exact) mass is 170 g/mol. The first-order chi connectivity index (χ1) is 5.65. The number of ether oxygens (including phenoxy) is 1. The first kappa shape index (κ1) is 8.45. The van der Waals surface area contributed by atoms with Crippen LogP contribution in [0.4, 0.5) is 5.82 Å². The van der Waals surface area contributed by atoms with Crippen LogP contribution in [0.5, 0.6) is 11.5 Å². The fraction of sp³-hybridized carbons (Fsp3) is 0.286. The molecule has 0 aromatic carbocycles. The number of nitrogen functional groups attached to an aromatic ring is 1. The van der Waals surface area contributed by atoms with Crippen molar-refractivity contribution in [3.05, 3.63) is 17.5 Å². The smallest absolute Gasteiger partial charge is 0.279 e. The molecule has 3 N–H and O–H groups in total. The van der Waals surface area contributed by atoms with Crippen LogP contribution < -0.4 is 15.2 Å². The minimum absolute atomic E-state index is 0.00347. The molecule has 0 saturated carbocycles. The van der Waals surface area contributed by atoms with E-state index in [1.807, 2.05) is 0 Å². The molecule has 5 nitrogen and oxygen atoms in total. The number of nitrogens with zero attached hydrogens (tertiary/aromatic N) is 1. The van der Waals surface area contributed by atoms with Gasteiger partial charge in [0.2, 0.25) is 0 Å². The van der Waals surface area contributed by atoms with E-state index in [0.29, 0.717) is 11.3 Å². The molecule has 1 rings (SSSR count). The van der Waals surface area contributed by atoms with E-state index in [9.17, 15) is 5.21 Å². The van der Waals surface area contributed by atoms with Crippen molar-refractivity contribution >= 4 is 5.82 Å².